The molecule has 0 heterocycles. The van der Waals surface area contributed by atoms with Crippen molar-refractivity contribution in [2.45, 2.75) is 104 Å². The van der Waals surface area contributed by atoms with Crippen molar-refractivity contribution in [2.24, 2.45) is 5.92 Å². The molecule has 0 amide bonds. The van der Waals surface area contributed by atoms with Gasteiger partial charge in [-0.1, -0.05) is 90.7 Å². The first kappa shape index (κ1) is 18.7. The van der Waals surface area contributed by atoms with Crippen molar-refractivity contribution >= 4 is 0 Å². The summed E-state index contributed by atoms with van der Waals surface area (Å²) < 4.78 is 0. The molecule has 0 N–H and O–H groups in total. The molecule has 0 nitrogen and oxygen atoms in total. The predicted molar refractivity (Wildman–Crippen MR) is 89.7 cm³/mol. The molecule has 0 fully saturated rings. The molecule has 0 aromatic heterocycles. The van der Waals surface area contributed by atoms with Crippen molar-refractivity contribution < 1.29 is 0 Å². The third kappa shape index (κ3) is 14.0. The zero-order valence-electron chi connectivity index (χ0n) is 13.9. The summed E-state index contributed by atoms with van der Waals surface area (Å²) in [5.74, 6) is 0.859. The molecule has 0 bridgehead atoms. The quantitative estimate of drug-likeness (QED) is 0.229. The molecule has 1 atom stereocenters. The van der Waals surface area contributed by atoms with Gasteiger partial charge in [-0.2, -0.15) is 0 Å². The van der Waals surface area contributed by atoms with E-state index in [9.17, 15) is 0 Å². The number of hydrogen-bond acceptors (Lipinski definition) is 0. The van der Waals surface area contributed by atoms with Crippen molar-refractivity contribution in [3.63, 3.8) is 0 Å². The Morgan fingerprint density at radius 2 is 1.26 bits per heavy atom. The molecule has 0 rings (SSSR count). The van der Waals surface area contributed by atoms with Gasteiger partial charge in [-0.05, 0) is 31.6 Å². The van der Waals surface area contributed by atoms with Crippen molar-refractivity contribution in [1.82, 2.24) is 0 Å². The zero-order valence-corrected chi connectivity index (χ0v) is 13.9. The van der Waals surface area contributed by atoms with E-state index in [-0.39, 0.29) is 0 Å². The van der Waals surface area contributed by atoms with E-state index < -0.39 is 0 Å². The Balaban J connectivity index is 3.60. The topological polar surface area (TPSA) is 0 Å². The number of rotatable bonds is 14. The van der Waals surface area contributed by atoms with Gasteiger partial charge >= 0.3 is 0 Å². The normalized spacial score (nSPS) is 13.2. The third-order valence-corrected chi connectivity index (χ3v) is 3.97. The first-order valence-corrected chi connectivity index (χ1v) is 9.01. The molecule has 0 saturated carbocycles. The van der Waals surface area contributed by atoms with Crippen LogP contribution < -0.4 is 0 Å². The van der Waals surface area contributed by atoms with Gasteiger partial charge < -0.3 is 0 Å². The average molecular weight is 267 g/mol. The van der Waals surface area contributed by atoms with Gasteiger partial charge in [0.05, 0.1) is 0 Å². The molecule has 0 aromatic rings. The van der Waals surface area contributed by atoms with Crippen LogP contribution in [0.2, 0.25) is 0 Å². The molecular weight excluding hydrogens is 228 g/mol. The van der Waals surface area contributed by atoms with E-state index in [0.717, 1.165) is 5.92 Å². The molecule has 0 aliphatic carbocycles. The van der Waals surface area contributed by atoms with Crippen LogP contribution >= 0.6 is 0 Å². The summed E-state index contributed by atoms with van der Waals surface area (Å²) in [6, 6.07) is 0. The van der Waals surface area contributed by atoms with E-state index in [1.807, 2.05) is 0 Å². The van der Waals surface area contributed by atoms with Crippen LogP contribution in [0.25, 0.3) is 0 Å². The number of allylic oxidation sites excluding steroid dienone is 2. The van der Waals surface area contributed by atoms with E-state index >= 15 is 0 Å². The Kier molecular flexibility index (Phi) is 15.6. The summed E-state index contributed by atoms with van der Waals surface area (Å²) in [6.45, 7) is 6.89. The lowest BCUT2D eigenvalue weighted by molar-refractivity contribution is 0.488. The van der Waals surface area contributed by atoms with Crippen LogP contribution in [0.15, 0.2) is 12.2 Å². The molecule has 0 heteroatoms. The lowest BCUT2D eigenvalue weighted by Crippen LogP contribution is -1.96. The van der Waals surface area contributed by atoms with Crippen molar-refractivity contribution in [3.8, 4) is 0 Å². The third-order valence-electron chi connectivity index (χ3n) is 3.97. The predicted octanol–water partition coefficient (Wildman–Crippen LogP) is 7.29. The maximum atomic E-state index is 2.52. The van der Waals surface area contributed by atoms with Crippen molar-refractivity contribution in [1.29, 1.82) is 0 Å². The molecular formula is C19H38. The Morgan fingerprint density at radius 3 is 1.95 bits per heavy atom. The summed E-state index contributed by atoms with van der Waals surface area (Å²) in [5, 5.41) is 0. The first-order chi connectivity index (χ1) is 9.35. The van der Waals surface area contributed by atoms with Crippen LogP contribution in [-0.4, -0.2) is 0 Å². The standard InChI is InChI=1S/C19H38/c1-4-7-9-11-13-15-18-19(16-6-3)17-14-12-10-8-5-2/h14,17,19H,4-13,15-16,18H2,1-3H3. The van der Waals surface area contributed by atoms with Crippen LogP contribution in [0.1, 0.15) is 104 Å². The lowest BCUT2D eigenvalue weighted by Gasteiger charge is -2.11. The number of unbranched alkanes of at least 4 members (excludes halogenated alkanes) is 8. The van der Waals surface area contributed by atoms with E-state index in [0.29, 0.717) is 0 Å². The van der Waals surface area contributed by atoms with E-state index in [1.54, 1.807) is 0 Å². The number of hydrogen-bond donors (Lipinski definition) is 0. The van der Waals surface area contributed by atoms with Crippen LogP contribution in [0.5, 0.6) is 0 Å². The fourth-order valence-electron chi connectivity index (χ4n) is 2.70. The van der Waals surface area contributed by atoms with Gasteiger partial charge in [0.25, 0.3) is 0 Å². The Bertz CT molecular complexity index is 180. The fourth-order valence-corrected chi connectivity index (χ4v) is 2.70. The average Bonchev–Trinajstić information content (AvgIpc) is 2.42. The highest BCUT2D eigenvalue weighted by molar-refractivity contribution is 4.88. The molecule has 0 aliphatic rings. The highest BCUT2D eigenvalue weighted by Crippen LogP contribution is 2.18. The van der Waals surface area contributed by atoms with Gasteiger partial charge in [0, 0.05) is 0 Å². The highest BCUT2D eigenvalue weighted by atomic mass is 14.1. The van der Waals surface area contributed by atoms with Crippen LogP contribution in [0, 0.1) is 5.92 Å². The largest absolute Gasteiger partial charge is 0.0883 e. The Labute approximate surface area is 123 Å². The van der Waals surface area contributed by atoms with Gasteiger partial charge in [-0.15, -0.1) is 0 Å². The van der Waals surface area contributed by atoms with Gasteiger partial charge in [-0.3, -0.25) is 0 Å². The zero-order chi connectivity index (χ0) is 14.2. The summed E-state index contributed by atoms with van der Waals surface area (Å²) in [7, 11) is 0. The molecule has 0 radical (unpaired) electrons. The monoisotopic (exact) mass is 266 g/mol. The molecule has 0 aromatic carbocycles. The van der Waals surface area contributed by atoms with Crippen molar-refractivity contribution in [3.05, 3.63) is 12.2 Å². The lowest BCUT2D eigenvalue weighted by atomic mass is 9.95. The molecule has 114 valence electrons. The van der Waals surface area contributed by atoms with E-state index in [2.05, 4.69) is 32.9 Å². The van der Waals surface area contributed by atoms with E-state index in [1.165, 1.54) is 83.5 Å². The minimum atomic E-state index is 0.859. The van der Waals surface area contributed by atoms with E-state index in [4.69, 9.17) is 0 Å². The summed E-state index contributed by atoms with van der Waals surface area (Å²) in [4.78, 5) is 0. The molecule has 0 spiro atoms. The maximum Gasteiger partial charge on any atom is -0.0234 e. The molecule has 0 saturated heterocycles. The van der Waals surface area contributed by atoms with Gasteiger partial charge in [-0.25, -0.2) is 0 Å². The van der Waals surface area contributed by atoms with Crippen molar-refractivity contribution in [2.75, 3.05) is 0 Å². The van der Waals surface area contributed by atoms with Crippen LogP contribution in [0.4, 0.5) is 0 Å². The Hall–Kier alpha value is -0.260. The minimum Gasteiger partial charge on any atom is -0.0883 e. The first-order valence-electron chi connectivity index (χ1n) is 9.01. The smallest absolute Gasteiger partial charge is 0.0234 e. The fraction of sp³-hybridized carbons (Fsp3) is 0.895. The van der Waals surface area contributed by atoms with Gasteiger partial charge in [0.15, 0.2) is 0 Å². The summed E-state index contributed by atoms with van der Waals surface area (Å²) in [6.07, 6.45) is 23.1. The van der Waals surface area contributed by atoms with Crippen LogP contribution in [0.3, 0.4) is 0 Å². The second-order valence-corrected chi connectivity index (χ2v) is 6.03. The second kappa shape index (κ2) is 15.8. The summed E-state index contributed by atoms with van der Waals surface area (Å²) >= 11 is 0. The maximum absolute atomic E-state index is 2.52. The van der Waals surface area contributed by atoms with Gasteiger partial charge in [0.2, 0.25) is 0 Å². The summed E-state index contributed by atoms with van der Waals surface area (Å²) in [5.41, 5.74) is 0. The Morgan fingerprint density at radius 1 is 0.632 bits per heavy atom. The molecule has 1 unspecified atom stereocenters. The highest BCUT2D eigenvalue weighted by Gasteiger charge is 2.03. The van der Waals surface area contributed by atoms with Crippen LogP contribution in [-0.2, 0) is 0 Å². The minimum absolute atomic E-state index is 0.859. The van der Waals surface area contributed by atoms with Gasteiger partial charge in [0.1, 0.15) is 0 Å². The molecule has 19 heavy (non-hydrogen) atoms. The molecule has 0 aliphatic heterocycles. The second-order valence-electron chi connectivity index (χ2n) is 6.03. The SMILES string of the molecule is CCCCCC=CC(CCC)CCCCCCCC.